The van der Waals surface area contributed by atoms with Crippen LogP contribution in [-0.2, 0) is 15.9 Å². The molecular formula is C12H17BrClNO2S2. The van der Waals surface area contributed by atoms with Crippen LogP contribution in [0.1, 0.15) is 11.1 Å². The number of thioether (sulfide) groups is 1. The molecule has 0 aromatic heterocycles. The molecule has 1 rings (SSSR count). The molecule has 1 aromatic carbocycles. The molecule has 3 nitrogen and oxygen atoms in total. The van der Waals surface area contributed by atoms with Crippen LogP contribution in [0.25, 0.3) is 0 Å². The molecule has 0 spiro atoms. The van der Waals surface area contributed by atoms with E-state index in [0.717, 1.165) is 16.9 Å². The Morgan fingerprint density at radius 3 is 2.58 bits per heavy atom. The maximum absolute atomic E-state index is 12.5. The Balaban J connectivity index is 3.24. The third-order valence-corrected chi connectivity index (χ3v) is 6.83. The lowest BCUT2D eigenvalue weighted by Crippen LogP contribution is -2.29. The molecule has 0 N–H and O–H groups in total. The van der Waals surface area contributed by atoms with Crippen molar-refractivity contribution in [2.24, 2.45) is 0 Å². The third-order valence-electron chi connectivity index (χ3n) is 2.73. The van der Waals surface area contributed by atoms with Crippen molar-refractivity contribution in [2.45, 2.75) is 17.7 Å². The third kappa shape index (κ3) is 4.11. The first kappa shape index (κ1) is 17.3. The Hall–Kier alpha value is 0.250. The van der Waals surface area contributed by atoms with Gasteiger partial charge < -0.3 is 0 Å². The number of nitrogens with zero attached hydrogens (tertiary/aromatic N) is 1. The number of sulfonamides is 1. The lowest BCUT2D eigenvalue weighted by Gasteiger charge is -2.19. The van der Waals surface area contributed by atoms with Crippen LogP contribution in [0.3, 0.4) is 0 Å². The summed E-state index contributed by atoms with van der Waals surface area (Å²) in [5.74, 6) is 1.06. The minimum Gasteiger partial charge on any atom is -0.207 e. The summed E-state index contributed by atoms with van der Waals surface area (Å²) in [4.78, 5) is 0.284. The monoisotopic (exact) mass is 385 g/mol. The van der Waals surface area contributed by atoms with Gasteiger partial charge in [0.25, 0.3) is 0 Å². The van der Waals surface area contributed by atoms with E-state index in [2.05, 4.69) is 15.9 Å². The quantitative estimate of drug-likeness (QED) is 0.702. The highest BCUT2D eigenvalue weighted by molar-refractivity contribution is 9.10. The molecule has 0 heterocycles. The van der Waals surface area contributed by atoms with Crippen LogP contribution in [0.5, 0.6) is 0 Å². The van der Waals surface area contributed by atoms with Crippen LogP contribution >= 0.6 is 39.3 Å². The van der Waals surface area contributed by atoms with Gasteiger partial charge in [0.15, 0.2) is 0 Å². The van der Waals surface area contributed by atoms with Gasteiger partial charge in [0.05, 0.1) is 4.90 Å². The van der Waals surface area contributed by atoms with E-state index in [1.54, 1.807) is 24.9 Å². The van der Waals surface area contributed by atoms with Crippen molar-refractivity contribution in [3.8, 4) is 0 Å². The summed E-state index contributed by atoms with van der Waals surface area (Å²) in [6, 6.07) is 3.52. The molecule has 0 aliphatic carbocycles. The molecule has 1 aromatic rings. The Morgan fingerprint density at radius 1 is 1.42 bits per heavy atom. The maximum atomic E-state index is 12.5. The Morgan fingerprint density at radius 2 is 2.05 bits per heavy atom. The predicted molar refractivity (Wildman–Crippen MR) is 86.6 cm³/mol. The normalized spacial score (nSPS) is 12.1. The summed E-state index contributed by atoms with van der Waals surface area (Å²) in [7, 11) is -1.88. The van der Waals surface area contributed by atoms with E-state index in [9.17, 15) is 8.42 Å². The van der Waals surface area contributed by atoms with Gasteiger partial charge in [0.2, 0.25) is 10.0 Å². The number of benzene rings is 1. The SMILES string of the molecule is CSCCN(C)S(=O)(=O)c1cc(CCl)cc(C)c1Br. The molecule has 0 unspecified atom stereocenters. The lowest BCUT2D eigenvalue weighted by molar-refractivity contribution is 0.488. The smallest absolute Gasteiger partial charge is 0.207 e. The number of hydrogen-bond donors (Lipinski definition) is 0. The first-order chi connectivity index (χ1) is 8.84. The van der Waals surface area contributed by atoms with Gasteiger partial charge in [-0.05, 0) is 46.3 Å². The highest BCUT2D eigenvalue weighted by Crippen LogP contribution is 2.29. The molecule has 0 aliphatic rings. The van der Waals surface area contributed by atoms with Gasteiger partial charge in [-0.3, -0.25) is 0 Å². The highest BCUT2D eigenvalue weighted by Gasteiger charge is 2.24. The second-order valence-electron chi connectivity index (χ2n) is 4.18. The maximum Gasteiger partial charge on any atom is 0.243 e. The topological polar surface area (TPSA) is 37.4 Å². The van der Waals surface area contributed by atoms with E-state index in [-0.39, 0.29) is 4.90 Å². The average molecular weight is 387 g/mol. The van der Waals surface area contributed by atoms with Gasteiger partial charge in [0.1, 0.15) is 0 Å². The van der Waals surface area contributed by atoms with Crippen molar-refractivity contribution in [3.05, 3.63) is 27.7 Å². The second kappa shape index (κ2) is 7.31. The van der Waals surface area contributed by atoms with E-state index in [1.807, 2.05) is 19.2 Å². The summed E-state index contributed by atoms with van der Waals surface area (Å²) in [5, 5.41) is 0. The van der Waals surface area contributed by atoms with Crippen molar-refractivity contribution in [1.82, 2.24) is 4.31 Å². The summed E-state index contributed by atoms with van der Waals surface area (Å²) in [6.45, 7) is 2.35. The molecule has 0 fully saturated rings. The highest BCUT2D eigenvalue weighted by atomic mass is 79.9. The second-order valence-corrected chi connectivity index (χ2v) is 8.24. The van der Waals surface area contributed by atoms with Crippen LogP contribution < -0.4 is 0 Å². The predicted octanol–water partition coefficient (Wildman–Crippen LogP) is 3.48. The summed E-state index contributed by atoms with van der Waals surface area (Å²) in [5.41, 5.74) is 1.68. The lowest BCUT2D eigenvalue weighted by atomic mass is 10.2. The van der Waals surface area contributed by atoms with E-state index in [4.69, 9.17) is 11.6 Å². The van der Waals surface area contributed by atoms with E-state index >= 15 is 0 Å². The number of rotatable bonds is 6. The molecule has 0 saturated heterocycles. The van der Waals surface area contributed by atoms with Crippen molar-refractivity contribution in [2.75, 3.05) is 25.6 Å². The summed E-state index contributed by atoms with van der Waals surface area (Å²) < 4.78 is 27.0. The molecule has 0 bridgehead atoms. The largest absolute Gasteiger partial charge is 0.243 e. The standard InChI is InChI=1S/C12H17BrClNO2S2/c1-9-6-10(8-14)7-11(12(9)13)19(16,17)15(2)4-5-18-3/h6-7H,4-5,8H2,1-3H3. The molecule has 19 heavy (non-hydrogen) atoms. The van der Waals surface area contributed by atoms with Crippen LogP contribution in [0, 0.1) is 6.92 Å². The number of hydrogen-bond acceptors (Lipinski definition) is 3. The fraction of sp³-hybridized carbons (Fsp3) is 0.500. The van der Waals surface area contributed by atoms with E-state index in [1.165, 1.54) is 4.31 Å². The van der Waals surface area contributed by atoms with E-state index in [0.29, 0.717) is 16.9 Å². The zero-order valence-corrected chi connectivity index (χ0v) is 15.1. The molecule has 0 radical (unpaired) electrons. The van der Waals surface area contributed by atoms with Crippen LogP contribution in [0.15, 0.2) is 21.5 Å². The average Bonchev–Trinajstić information content (AvgIpc) is 2.38. The molecule has 0 atom stereocenters. The van der Waals surface area contributed by atoms with Crippen molar-refractivity contribution in [3.63, 3.8) is 0 Å². The van der Waals surface area contributed by atoms with E-state index < -0.39 is 10.0 Å². The summed E-state index contributed by atoms with van der Waals surface area (Å²) in [6.07, 6.45) is 1.95. The Kier molecular flexibility index (Phi) is 6.66. The minimum absolute atomic E-state index is 0.284. The fourth-order valence-electron chi connectivity index (χ4n) is 1.58. The zero-order valence-electron chi connectivity index (χ0n) is 11.1. The molecule has 7 heteroatoms. The molecule has 0 amide bonds. The molecular weight excluding hydrogens is 370 g/mol. The van der Waals surface area contributed by atoms with Crippen molar-refractivity contribution < 1.29 is 8.42 Å². The first-order valence-corrected chi connectivity index (χ1v) is 9.81. The number of halogens is 2. The van der Waals surface area contributed by atoms with Crippen LogP contribution in [0.4, 0.5) is 0 Å². The zero-order chi connectivity index (χ0) is 14.6. The van der Waals surface area contributed by atoms with Crippen LogP contribution in [0.2, 0.25) is 0 Å². The molecule has 0 aliphatic heterocycles. The number of alkyl halides is 1. The van der Waals surface area contributed by atoms with Gasteiger partial charge in [0, 0.05) is 29.7 Å². The fourth-order valence-corrected chi connectivity index (χ4v) is 4.51. The minimum atomic E-state index is -3.48. The van der Waals surface area contributed by atoms with Crippen LogP contribution in [-0.4, -0.2) is 38.3 Å². The van der Waals surface area contributed by atoms with Gasteiger partial charge >= 0.3 is 0 Å². The van der Waals surface area contributed by atoms with Gasteiger partial charge in [-0.25, -0.2) is 12.7 Å². The summed E-state index contributed by atoms with van der Waals surface area (Å²) >= 11 is 10.8. The number of aryl methyl sites for hydroxylation is 1. The Labute approximate surface area is 132 Å². The van der Waals surface area contributed by atoms with Gasteiger partial charge in [-0.15, -0.1) is 11.6 Å². The van der Waals surface area contributed by atoms with Crippen molar-refractivity contribution >= 4 is 49.3 Å². The van der Waals surface area contributed by atoms with Gasteiger partial charge in [-0.2, -0.15) is 11.8 Å². The Bertz CT molecular complexity index is 549. The molecule has 108 valence electrons. The van der Waals surface area contributed by atoms with Gasteiger partial charge in [-0.1, -0.05) is 6.07 Å². The first-order valence-electron chi connectivity index (χ1n) is 5.64. The van der Waals surface area contributed by atoms with Crippen molar-refractivity contribution in [1.29, 1.82) is 0 Å². The molecule has 0 saturated carbocycles.